The Bertz CT molecular complexity index is 622. The number of nitrogens with one attached hydrogen (secondary N) is 2. The lowest BCUT2D eigenvalue weighted by Gasteiger charge is -2.11. The van der Waals surface area contributed by atoms with Crippen LogP contribution < -0.4 is 20.1 Å². The van der Waals surface area contributed by atoms with Gasteiger partial charge in [0.25, 0.3) is 0 Å². The Morgan fingerprint density at radius 1 is 1.19 bits per heavy atom. The van der Waals surface area contributed by atoms with Crippen LogP contribution in [0.2, 0.25) is 5.02 Å². The molecule has 0 spiro atoms. The normalized spacial score (nSPS) is 10.1. The predicted octanol–water partition coefficient (Wildman–Crippen LogP) is 2.80. The van der Waals surface area contributed by atoms with Gasteiger partial charge in [-0.25, -0.2) is 4.98 Å². The van der Waals surface area contributed by atoms with Gasteiger partial charge in [-0.05, 0) is 17.7 Å². The summed E-state index contributed by atoms with van der Waals surface area (Å²) in [4.78, 5) is 8.29. The van der Waals surface area contributed by atoms with Crippen LogP contribution in [0.3, 0.4) is 0 Å². The molecule has 6 nitrogen and oxygen atoms in total. The molecule has 112 valence electrons. The molecule has 0 aliphatic heterocycles. The molecule has 0 radical (unpaired) electrons. The molecule has 0 saturated carbocycles. The second kappa shape index (κ2) is 6.99. The molecular weight excluding hydrogens is 292 g/mol. The number of anilines is 2. The van der Waals surface area contributed by atoms with E-state index in [4.69, 9.17) is 21.1 Å². The van der Waals surface area contributed by atoms with Gasteiger partial charge in [-0.2, -0.15) is 4.98 Å². The smallest absolute Gasteiger partial charge is 0.224 e. The zero-order valence-corrected chi connectivity index (χ0v) is 12.9. The lowest BCUT2D eigenvalue weighted by atomic mass is 10.2. The predicted molar refractivity (Wildman–Crippen MR) is 83.5 cm³/mol. The number of hydrogen-bond donors (Lipinski definition) is 2. The fraction of sp³-hybridized carbons (Fsp3) is 0.286. The van der Waals surface area contributed by atoms with Crippen LogP contribution in [0.1, 0.15) is 5.56 Å². The van der Waals surface area contributed by atoms with Gasteiger partial charge in [0.2, 0.25) is 5.95 Å². The van der Waals surface area contributed by atoms with Gasteiger partial charge < -0.3 is 20.1 Å². The fourth-order valence-corrected chi connectivity index (χ4v) is 1.95. The quantitative estimate of drug-likeness (QED) is 0.855. The first-order chi connectivity index (χ1) is 10.2. The van der Waals surface area contributed by atoms with Crippen molar-refractivity contribution in [2.45, 2.75) is 6.54 Å². The maximum Gasteiger partial charge on any atom is 0.224 e. The molecule has 0 saturated heterocycles. The number of aromatic nitrogens is 2. The maximum atomic E-state index is 6.07. The van der Waals surface area contributed by atoms with E-state index in [1.807, 2.05) is 18.2 Å². The average Bonchev–Trinajstić information content (AvgIpc) is 2.53. The van der Waals surface area contributed by atoms with E-state index >= 15 is 0 Å². The molecule has 1 aromatic carbocycles. The summed E-state index contributed by atoms with van der Waals surface area (Å²) >= 11 is 6.07. The van der Waals surface area contributed by atoms with E-state index in [1.165, 1.54) is 0 Å². The number of rotatable bonds is 6. The number of benzene rings is 1. The minimum atomic E-state index is 0.467. The summed E-state index contributed by atoms with van der Waals surface area (Å²) in [7, 11) is 4.96. The summed E-state index contributed by atoms with van der Waals surface area (Å²) in [5.74, 6) is 2.46. The number of ether oxygens (including phenoxy) is 2. The zero-order valence-electron chi connectivity index (χ0n) is 12.1. The van der Waals surface area contributed by atoms with Crippen LogP contribution in [0.25, 0.3) is 0 Å². The fourth-order valence-electron chi connectivity index (χ4n) is 1.79. The molecule has 2 aromatic rings. The highest BCUT2D eigenvalue weighted by molar-refractivity contribution is 6.32. The highest BCUT2D eigenvalue weighted by Crippen LogP contribution is 2.28. The van der Waals surface area contributed by atoms with E-state index in [0.717, 1.165) is 5.56 Å². The van der Waals surface area contributed by atoms with Crippen molar-refractivity contribution in [1.29, 1.82) is 0 Å². The summed E-state index contributed by atoms with van der Waals surface area (Å²) in [5.41, 5.74) is 1.02. The lowest BCUT2D eigenvalue weighted by molar-refractivity contribution is 0.354. The van der Waals surface area contributed by atoms with Crippen molar-refractivity contribution in [1.82, 2.24) is 9.97 Å². The highest BCUT2D eigenvalue weighted by atomic mass is 35.5. The van der Waals surface area contributed by atoms with Gasteiger partial charge in [-0.1, -0.05) is 17.7 Å². The van der Waals surface area contributed by atoms with Gasteiger partial charge in [-0.3, -0.25) is 0 Å². The van der Waals surface area contributed by atoms with Crippen molar-refractivity contribution in [3.8, 4) is 11.5 Å². The van der Waals surface area contributed by atoms with Crippen LogP contribution in [-0.2, 0) is 6.54 Å². The van der Waals surface area contributed by atoms with Crippen LogP contribution in [-0.4, -0.2) is 31.2 Å². The number of hydrogen-bond acceptors (Lipinski definition) is 6. The molecule has 21 heavy (non-hydrogen) atoms. The van der Waals surface area contributed by atoms with E-state index in [-0.39, 0.29) is 0 Å². The molecule has 0 fully saturated rings. The monoisotopic (exact) mass is 308 g/mol. The standard InChI is InChI=1S/C14H17ClN4O2/c1-16-14-18-8-10(15)13(19-14)17-7-9-4-5-11(20-2)12(6-9)21-3/h4-6,8H,7H2,1-3H3,(H2,16,17,18,19). The molecule has 2 N–H and O–H groups in total. The summed E-state index contributed by atoms with van der Waals surface area (Å²) in [6.07, 6.45) is 1.55. The van der Waals surface area contributed by atoms with Crippen molar-refractivity contribution in [2.24, 2.45) is 0 Å². The Labute approximate surface area is 128 Å². The molecule has 0 amide bonds. The molecule has 0 bridgehead atoms. The van der Waals surface area contributed by atoms with Gasteiger partial charge >= 0.3 is 0 Å². The van der Waals surface area contributed by atoms with Crippen molar-refractivity contribution in [2.75, 3.05) is 31.9 Å². The first kappa shape index (κ1) is 15.2. The Balaban J connectivity index is 2.13. The van der Waals surface area contributed by atoms with Gasteiger partial charge in [-0.15, -0.1) is 0 Å². The molecular formula is C14H17ClN4O2. The molecule has 0 atom stereocenters. The van der Waals surface area contributed by atoms with Gasteiger partial charge in [0.15, 0.2) is 17.3 Å². The molecule has 7 heteroatoms. The first-order valence-electron chi connectivity index (χ1n) is 6.33. The lowest BCUT2D eigenvalue weighted by Crippen LogP contribution is -2.05. The SMILES string of the molecule is CNc1ncc(Cl)c(NCc2ccc(OC)c(OC)c2)n1. The van der Waals surface area contributed by atoms with E-state index in [9.17, 15) is 0 Å². The van der Waals surface area contributed by atoms with Crippen molar-refractivity contribution >= 4 is 23.4 Å². The largest absolute Gasteiger partial charge is 0.493 e. The Kier molecular flexibility index (Phi) is 5.05. The first-order valence-corrected chi connectivity index (χ1v) is 6.70. The van der Waals surface area contributed by atoms with E-state index < -0.39 is 0 Å². The number of nitrogens with zero attached hydrogens (tertiary/aromatic N) is 2. The van der Waals surface area contributed by atoms with Gasteiger partial charge in [0.05, 0.1) is 20.4 Å². The molecule has 0 aliphatic carbocycles. The van der Waals surface area contributed by atoms with Crippen LogP contribution in [0, 0.1) is 0 Å². The third-order valence-corrected chi connectivity index (χ3v) is 3.15. The summed E-state index contributed by atoms with van der Waals surface area (Å²) < 4.78 is 10.5. The van der Waals surface area contributed by atoms with Crippen LogP contribution in [0.5, 0.6) is 11.5 Å². The maximum absolute atomic E-state index is 6.07. The van der Waals surface area contributed by atoms with Crippen LogP contribution in [0.15, 0.2) is 24.4 Å². The van der Waals surface area contributed by atoms with Crippen molar-refractivity contribution in [3.63, 3.8) is 0 Å². The highest BCUT2D eigenvalue weighted by Gasteiger charge is 2.07. The van der Waals surface area contributed by atoms with Crippen molar-refractivity contribution < 1.29 is 9.47 Å². The van der Waals surface area contributed by atoms with E-state index in [0.29, 0.717) is 34.8 Å². The van der Waals surface area contributed by atoms with Crippen molar-refractivity contribution in [3.05, 3.63) is 35.0 Å². The minimum Gasteiger partial charge on any atom is -0.493 e. The van der Waals surface area contributed by atoms with Crippen LogP contribution in [0.4, 0.5) is 11.8 Å². The summed E-state index contributed by atoms with van der Waals surface area (Å²) in [5, 5.41) is 6.51. The molecule has 1 heterocycles. The van der Waals surface area contributed by atoms with Gasteiger partial charge in [0.1, 0.15) is 5.02 Å². The zero-order chi connectivity index (χ0) is 15.2. The Morgan fingerprint density at radius 3 is 2.62 bits per heavy atom. The molecule has 0 aliphatic rings. The minimum absolute atomic E-state index is 0.467. The molecule has 0 unspecified atom stereocenters. The second-order valence-corrected chi connectivity index (χ2v) is 4.59. The average molecular weight is 309 g/mol. The number of halogens is 1. The molecule has 2 rings (SSSR count). The summed E-state index contributed by atoms with van der Waals surface area (Å²) in [6, 6.07) is 5.71. The molecule has 1 aromatic heterocycles. The van der Waals surface area contributed by atoms with Gasteiger partial charge in [0, 0.05) is 13.6 Å². The second-order valence-electron chi connectivity index (χ2n) is 4.18. The van der Waals surface area contributed by atoms with E-state index in [2.05, 4.69) is 20.6 Å². The number of methoxy groups -OCH3 is 2. The topological polar surface area (TPSA) is 68.3 Å². The van der Waals surface area contributed by atoms with E-state index in [1.54, 1.807) is 27.5 Å². The Morgan fingerprint density at radius 2 is 1.95 bits per heavy atom. The Hall–Kier alpha value is -2.21. The van der Waals surface area contributed by atoms with Crippen LogP contribution >= 0.6 is 11.6 Å². The summed E-state index contributed by atoms with van der Waals surface area (Å²) in [6.45, 7) is 0.556. The third-order valence-electron chi connectivity index (χ3n) is 2.88. The third kappa shape index (κ3) is 3.66.